The smallest absolute Gasteiger partial charge is 0.159 e. The zero-order valence-electron chi connectivity index (χ0n) is 10.1. The molecule has 0 spiro atoms. The number of nitrogens with two attached hydrogens (primary N) is 1. The molecule has 98 valence electrons. The molecule has 5 heteroatoms. The van der Waals surface area contributed by atoms with Crippen molar-refractivity contribution >= 4 is 23.2 Å². The van der Waals surface area contributed by atoms with E-state index in [4.69, 9.17) is 5.73 Å². The van der Waals surface area contributed by atoms with Gasteiger partial charge in [-0.3, -0.25) is 4.79 Å². The minimum Gasteiger partial charge on any atom is -0.398 e. The van der Waals surface area contributed by atoms with Gasteiger partial charge in [-0.25, -0.2) is 8.78 Å². The Bertz CT molecular complexity index is 643. The van der Waals surface area contributed by atoms with Crippen LogP contribution in [0, 0.1) is 11.6 Å². The second kappa shape index (κ2) is 5.40. The lowest BCUT2D eigenvalue weighted by atomic mass is 10.1. The largest absolute Gasteiger partial charge is 0.398 e. The van der Waals surface area contributed by atoms with Gasteiger partial charge in [-0.05, 0) is 37.3 Å². The summed E-state index contributed by atoms with van der Waals surface area (Å²) in [4.78, 5) is 12.1. The van der Waals surface area contributed by atoms with Gasteiger partial charge >= 0.3 is 0 Å². The van der Waals surface area contributed by atoms with Crippen molar-refractivity contribution in [3.63, 3.8) is 0 Å². The third-order valence-corrected chi connectivity index (χ3v) is 3.66. The van der Waals surface area contributed by atoms with Crippen LogP contribution in [0.15, 0.2) is 46.2 Å². The van der Waals surface area contributed by atoms with Crippen LogP contribution < -0.4 is 5.73 Å². The average Bonchev–Trinajstić information content (AvgIpc) is 2.34. The Morgan fingerprint density at radius 3 is 2.47 bits per heavy atom. The van der Waals surface area contributed by atoms with Gasteiger partial charge in [-0.1, -0.05) is 11.8 Å². The van der Waals surface area contributed by atoms with Gasteiger partial charge < -0.3 is 5.73 Å². The van der Waals surface area contributed by atoms with Crippen LogP contribution in [0.25, 0.3) is 0 Å². The molecule has 0 heterocycles. The van der Waals surface area contributed by atoms with Crippen LogP contribution in [-0.2, 0) is 0 Å². The van der Waals surface area contributed by atoms with E-state index < -0.39 is 11.6 Å². The lowest BCUT2D eigenvalue weighted by Gasteiger charge is -2.08. The molecule has 0 atom stereocenters. The van der Waals surface area contributed by atoms with Crippen LogP contribution in [0.5, 0.6) is 0 Å². The maximum atomic E-state index is 13.6. The molecule has 2 aromatic carbocycles. The number of halogens is 2. The summed E-state index contributed by atoms with van der Waals surface area (Å²) in [7, 11) is 0. The highest BCUT2D eigenvalue weighted by Crippen LogP contribution is 2.34. The predicted octanol–water partition coefficient (Wildman–Crippen LogP) is 3.90. The fourth-order valence-corrected chi connectivity index (χ4v) is 2.42. The van der Waals surface area contributed by atoms with Crippen LogP contribution in [0.4, 0.5) is 14.5 Å². The zero-order valence-corrected chi connectivity index (χ0v) is 10.9. The normalized spacial score (nSPS) is 10.5. The summed E-state index contributed by atoms with van der Waals surface area (Å²) >= 11 is 1.06. The first-order valence-electron chi connectivity index (χ1n) is 5.51. The van der Waals surface area contributed by atoms with Crippen molar-refractivity contribution in [2.45, 2.75) is 16.7 Å². The van der Waals surface area contributed by atoms with E-state index >= 15 is 0 Å². The summed E-state index contributed by atoms with van der Waals surface area (Å²) in [6.07, 6.45) is 0. The Hall–Kier alpha value is -1.88. The van der Waals surface area contributed by atoms with Crippen molar-refractivity contribution in [2.24, 2.45) is 0 Å². The fraction of sp³-hybridized carbons (Fsp3) is 0.0714. The van der Waals surface area contributed by atoms with Crippen molar-refractivity contribution < 1.29 is 13.6 Å². The van der Waals surface area contributed by atoms with E-state index in [1.807, 2.05) is 0 Å². The Balaban J connectivity index is 2.37. The monoisotopic (exact) mass is 279 g/mol. The second-order valence-corrected chi connectivity index (χ2v) is 5.07. The number of carbonyl (C=O) groups excluding carboxylic acids is 1. The summed E-state index contributed by atoms with van der Waals surface area (Å²) in [6.45, 7) is 1.44. The van der Waals surface area contributed by atoms with Gasteiger partial charge in [0, 0.05) is 27.1 Å². The predicted molar refractivity (Wildman–Crippen MR) is 71.3 cm³/mol. The summed E-state index contributed by atoms with van der Waals surface area (Å²) in [5.41, 5.74) is 6.73. The summed E-state index contributed by atoms with van der Waals surface area (Å²) in [5.74, 6) is -1.38. The molecule has 0 aromatic heterocycles. The molecule has 2 rings (SSSR count). The molecule has 2 nitrogen and oxygen atoms in total. The van der Waals surface area contributed by atoms with E-state index in [1.54, 1.807) is 18.2 Å². The number of anilines is 1. The SMILES string of the molecule is CC(=O)c1ccc(N)c(Sc2ccc(F)cc2F)c1. The Morgan fingerprint density at radius 1 is 1.11 bits per heavy atom. The molecular weight excluding hydrogens is 268 g/mol. The highest BCUT2D eigenvalue weighted by molar-refractivity contribution is 7.99. The molecule has 0 aliphatic heterocycles. The molecule has 0 bridgehead atoms. The van der Waals surface area contributed by atoms with Crippen molar-refractivity contribution in [3.8, 4) is 0 Å². The number of hydrogen-bond donors (Lipinski definition) is 1. The number of nitrogen functional groups attached to an aromatic ring is 1. The number of ketones is 1. The van der Waals surface area contributed by atoms with Crippen LogP contribution in [0.1, 0.15) is 17.3 Å². The quantitative estimate of drug-likeness (QED) is 0.684. The lowest BCUT2D eigenvalue weighted by Crippen LogP contribution is -1.96. The first-order chi connectivity index (χ1) is 8.97. The molecule has 0 saturated heterocycles. The minimum absolute atomic E-state index is 0.0959. The molecule has 0 unspecified atom stereocenters. The molecule has 0 amide bonds. The molecule has 0 aliphatic rings. The topological polar surface area (TPSA) is 43.1 Å². The first kappa shape index (κ1) is 13.5. The number of Topliss-reactive ketones (excluding diaryl/α,β-unsaturated/α-hetero) is 1. The van der Waals surface area contributed by atoms with Gasteiger partial charge in [-0.2, -0.15) is 0 Å². The fourth-order valence-electron chi connectivity index (χ4n) is 1.52. The maximum absolute atomic E-state index is 13.6. The van der Waals surface area contributed by atoms with Gasteiger partial charge in [0.15, 0.2) is 5.78 Å². The standard InChI is InChI=1S/C14H11F2NOS/c1-8(18)9-2-4-12(17)14(6-9)19-13-5-3-10(15)7-11(13)16/h2-7H,17H2,1H3. The summed E-state index contributed by atoms with van der Waals surface area (Å²) < 4.78 is 26.4. The van der Waals surface area contributed by atoms with Gasteiger partial charge in [-0.15, -0.1) is 0 Å². The molecule has 0 radical (unpaired) electrons. The highest BCUT2D eigenvalue weighted by Gasteiger charge is 2.10. The highest BCUT2D eigenvalue weighted by atomic mass is 32.2. The van der Waals surface area contributed by atoms with Gasteiger partial charge in [0.1, 0.15) is 11.6 Å². The van der Waals surface area contributed by atoms with Crippen molar-refractivity contribution in [3.05, 3.63) is 53.6 Å². The zero-order chi connectivity index (χ0) is 14.0. The number of carbonyl (C=O) groups is 1. The Morgan fingerprint density at radius 2 is 1.84 bits per heavy atom. The van der Waals surface area contributed by atoms with Crippen molar-refractivity contribution in [1.82, 2.24) is 0 Å². The molecule has 0 aliphatic carbocycles. The third-order valence-electron chi connectivity index (χ3n) is 2.53. The van der Waals surface area contributed by atoms with E-state index in [9.17, 15) is 13.6 Å². The van der Waals surface area contributed by atoms with Crippen molar-refractivity contribution in [2.75, 3.05) is 5.73 Å². The third kappa shape index (κ3) is 3.12. The van der Waals surface area contributed by atoms with Crippen LogP contribution in [0.2, 0.25) is 0 Å². The molecule has 0 saturated carbocycles. The average molecular weight is 279 g/mol. The van der Waals surface area contributed by atoms with E-state index in [0.717, 1.165) is 17.8 Å². The summed E-state index contributed by atoms with van der Waals surface area (Å²) in [6, 6.07) is 8.15. The minimum atomic E-state index is -0.655. The van der Waals surface area contributed by atoms with Gasteiger partial charge in [0.25, 0.3) is 0 Å². The maximum Gasteiger partial charge on any atom is 0.159 e. The molecule has 0 fully saturated rings. The Labute approximate surface area is 113 Å². The van der Waals surface area contributed by atoms with Crippen molar-refractivity contribution in [1.29, 1.82) is 0 Å². The van der Waals surface area contributed by atoms with E-state index in [-0.39, 0.29) is 10.7 Å². The first-order valence-corrected chi connectivity index (χ1v) is 6.32. The Kier molecular flexibility index (Phi) is 3.85. The van der Waals surface area contributed by atoms with Gasteiger partial charge in [0.2, 0.25) is 0 Å². The number of hydrogen-bond acceptors (Lipinski definition) is 3. The lowest BCUT2D eigenvalue weighted by molar-refractivity contribution is 0.101. The molecule has 19 heavy (non-hydrogen) atoms. The number of rotatable bonds is 3. The second-order valence-electron chi connectivity index (χ2n) is 3.99. The molecule has 2 N–H and O–H groups in total. The van der Waals surface area contributed by atoms with Gasteiger partial charge in [0.05, 0.1) is 0 Å². The van der Waals surface area contributed by atoms with E-state index in [1.165, 1.54) is 19.1 Å². The van der Waals surface area contributed by atoms with E-state index in [0.29, 0.717) is 16.1 Å². The van der Waals surface area contributed by atoms with Crippen LogP contribution in [-0.4, -0.2) is 5.78 Å². The molecule has 2 aromatic rings. The van der Waals surface area contributed by atoms with E-state index in [2.05, 4.69) is 0 Å². The van der Waals surface area contributed by atoms with Crippen LogP contribution >= 0.6 is 11.8 Å². The number of benzene rings is 2. The summed E-state index contributed by atoms with van der Waals surface area (Å²) in [5, 5.41) is 0. The molecular formula is C14H11F2NOS. The van der Waals surface area contributed by atoms with Crippen LogP contribution in [0.3, 0.4) is 0 Å².